The lowest BCUT2D eigenvalue weighted by Gasteiger charge is -2.41. The van der Waals surface area contributed by atoms with Crippen molar-refractivity contribution < 1.29 is 14.3 Å². The third-order valence-corrected chi connectivity index (χ3v) is 3.49. The molecule has 0 saturated heterocycles. The van der Waals surface area contributed by atoms with Gasteiger partial charge in [-0.2, -0.15) is 0 Å². The van der Waals surface area contributed by atoms with Gasteiger partial charge in [0.15, 0.2) is 0 Å². The van der Waals surface area contributed by atoms with Crippen molar-refractivity contribution in [1.82, 2.24) is 4.98 Å². The van der Waals surface area contributed by atoms with E-state index in [0.717, 1.165) is 4.47 Å². The van der Waals surface area contributed by atoms with E-state index in [9.17, 15) is 4.79 Å². The molecule has 2 rings (SSSR count). The molecule has 4 nitrogen and oxygen atoms in total. The number of hydrogen-bond acceptors (Lipinski definition) is 4. The number of methoxy groups -OCH3 is 1. The Morgan fingerprint density at radius 3 is 2.76 bits per heavy atom. The number of nitrogens with zero attached hydrogens (tertiary/aromatic N) is 1. The number of aromatic nitrogens is 1. The average Bonchev–Trinajstić information content (AvgIpc) is 2.28. The summed E-state index contributed by atoms with van der Waals surface area (Å²) in [6.07, 6.45) is 3.09. The number of pyridine rings is 1. The van der Waals surface area contributed by atoms with Gasteiger partial charge in [-0.3, -0.25) is 4.79 Å². The minimum atomic E-state index is -0.394. The van der Waals surface area contributed by atoms with E-state index in [-0.39, 0.29) is 12.1 Å². The van der Waals surface area contributed by atoms with E-state index in [1.54, 1.807) is 12.3 Å². The zero-order chi connectivity index (χ0) is 12.5. The van der Waals surface area contributed by atoms with Gasteiger partial charge in [0, 0.05) is 29.6 Å². The largest absolute Gasteiger partial charge is 0.474 e. The molecule has 1 aliphatic carbocycles. The first-order valence-corrected chi connectivity index (χ1v) is 6.19. The second-order valence-electron chi connectivity index (χ2n) is 4.52. The van der Waals surface area contributed by atoms with Gasteiger partial charge < -0.3 is 9.47 Å². The fourth-order valence-electron chi connectivity index (χ4n) is 2.04. The Morgan fingerprint density at radius 2 is 2.24 bits per heavy atom. The zero-order valence-corrected chi connectivity index (χ0v) is 11.4. The number of carbonyl (C=O) groups excluding carboxylic acids is 1. The number of esters is 1. The lowest BCUT2D eigenvalue weighted by atomic mass is 9.68. The van der Waals surface area contributed by atoms with Crippen molar-refractivity contribution in [3.8, 4) is 5.88 Å². The first-order chi connectivity index (χ1) is 8.03. The second kappa shape index (κ2) is 4.64. The van der Waals surface area contributed by atoms with Crippen LogP contribution in [0, 0.1) is 5.41 Å². The molecule has 1 aromatic heterocycles. The number of rotatable bonds is 3. The number of ether oxygens (including phenoxy) is 2. The summed E-state index contributed by atoms with van der Waals surface area (Å²) in [5, 5.41) is 0. The number of halogens is 1. The van der Waals surface area contributed by atoms with Crippen LogP contribution in [0.4, 0.5) is 0 Å². The molecule has 0 spiro atoms. The van der Waals surface area contributed by atoms with E-state index >= 15 is 0 Å². The van der Waals surface area contributed by atoms with Crippen LogP contribution in [0.3, 0.4) is 0 Å². The van der Waals surface area contributed by atoms with Crippen LogP contribution in [0.2, 0.25) is 0 Å². The van der Waals surface area contributed by atoms with Gasteiger partial charge in [0.1, 0.15) is 6.10 Å². The molecule has 1 aliphatic rings. The van der Waals surface area contributed by atoms with Gasteiger partial charge in [-0.15, -0.1) is 0 Å². The van der Waals surface area contributed by atoms with Gasteiger partial charge in [0.25, 0.3) is 0 Å². The smallest absolute Gasteiger partial charge is 0.311 e. The number of hydrogen-bond donors (Lipinski definition) is 0. The summed E-state index contributed by atoms with van der Waals surface area (Å²) in [6.45, 7) is 1.90. The van der Waals surface area contributed by atoms with Gasteiger partial charge in [0.2, 0.25) is 5.88 Å². The van der Waals surface area contributed by atoms with Crippen molar-refractivity contribution in [2.75, 3.05) is 7.11 Å². The van der Waals surface area contributed by atoms with Gasteiger partial charge in [-0.25, -0.2) is 4.98 Å². The van der Waals surface area contributed by atoms with E-state index in [0.29, 0.717) is 18.7 Å². The predicted molar refractivity (Wildman–Crippen MR) is 65.7 cm³/mol. The Labute approximate surface area is 108 Å². The van der Waals surface area contributed by atoms with Gasteiger partial charge in [-0.1, -0.05) is 0 Å². The normalized spacial score (nSPS) is 27.1. The summed E-state index contributed by atoms with van der Waals surface area (Å²) in [5.41, 5.74) is -0.394. The van der Waals surface area contributed by atoms with Crippen LogP contribution in [0.1, 0.15) is 19.8 Å². The molecule has 0 unspecified atom stereocenters. The highest BCUT2D eigenvalue weighted by molar-refractivity contribution is 9.10. The van der Waals surface area contributed by atoms with E-state index in [4.69, 9.17) is 9.47 Å². The van der Waals surface area contributed by atoms with E-state index in [1.807, 2.05) is 13.0 Å². The summed E-state index contributed by atoms with van der Waals surface area (Å²) in [7, 11) is 1.41. The summed E-state index contributed by atoms with van der Waals surface area (Å²) in [6, 6.07) is 3.68. The molecule has 0 N–H and O–H groups in total. The van der Waals surface area contributed by atoms with Crippen molar-refractivity contribution in [1.29, 1.82) is 0 Å². The number of carbonyl (C=O) groups is 1. The highest BCUT2D eigenvalue weighted by Gasteiger charge is 2.48. The Kier molecular flexibility index (Phi) is 3.38. The minimum Gasteiger partial charge on any atom is -0.474 e. The molecule has 0 atom stereocenters. The summed E-state index contributed by atoms with van der Waals surface area (Å²) >= 11 is 3.31. The topological polar surface area (TPSA) is 48.4 Å². The van der Waals surface area contributed by atoms with Crippen LogP contribution in [-0.2, 0) is 9.53 Å². The molecule has 17 heavy (non-hydrogen) atoms. The van der Waals surface area contributed by atoms with Crippen LogP contribution in [0.25, 0.3) is 0 Å². The van der Waals surface area contributed by atoms with Crippen molar-refractivity contribution in [2.24, 2.45) is 5.41 Å². The predicted octanol–water partition coefficient (Wildman–Crippen LogP) is 2.56. The molecule has 92 valence electrons. The first kappa shape index (κ1) is 12.4. The molecular weight excluding hydrogens is 286 g/mol. The van der Waals surface area contributed by atoms with Crippen LogP contribution < -0.4 is 4.74 Å². The molecule has 5 heteroatoms. The molecule has 0 bridgehead atoms. The molecular formula is C12H14BrNO3. The molecule has 1 fully saturated rings. The minimum absolute atomic E-state index is 0.0489. The van der Waals surface area contributed by atoms with Crippen molar-refractivity contribution in [3.05, 3.63) is 22.8 Å². The Bertz CT molecular complexity index is 412. The standard InChI is InChI=1S/C12H14BrNO3/c1-12(11(15)16-2)5-9(6-12)17-10-4-3-8(13)7-14-10/h3-4,7,9H,5-6H2,1-2H3. The fourth-order valence-corrected chi connectivity index (χ4v) is 2.28. The highest BCUT2D eigenvalue weighted by Crippen LogP contribution is 2.43. The third-order valence-electron chi connectivity index (χ3n) is 3.02. The van der Waals surface area contributed by atoms with Gasteiger partial charge in [0.05, 0.1) is 12.5 Å². The Morgan fingerprint density at radius 1 is 1.53 bits per heavy atom. The SMILES string of the molecule is COC(=O)C1(C)CC(Oc2ccc(Br)cn2)C1. The highest BCUT2D eigenvalue weighted by atomic mass is 79.9. The van der Waals surface area contributed by atoms with Crippen LogP contribution in [-0.4, -0.2) is 24.2 Å². The quantitative estimate of drug-likeness (QED) is 0.805. The van der Waals surface area contributed by atoms with E-state index in [2.05, 4.69) is 20.9 Å². The van der Waals surface area contributed by atoms with Crippen LogP contribution in [0.15, 0.2) is 22.8 Å². The summed E-state index contributed by atoms with van der Waals surface area (Å²) in [4.78, 5) is 15.6. The summed E-state index contributed by atoms with van der Waals surface area (Å²) < 4.78 is 11.3. The first-order valence-electron chi connectivity index (χ1n) is 5.40. The lowest BCUT2D eigenvalue weighted by Crippen LogP contribution is -2.47. The van der Waals surface area contributed by atoms with Crippen molar-refractivity contribution in [3.63, 3.8) is 0 Å². The maximum atomic E-state index is 11.5. The summed E-state index contributed by atoms with van der Waals surface area (Å²) in [5.74, 6) is 0.422. The Hall–Kier alpha value is -1.10. The molecule has 1 heterocycles. The third kappa shape index (κ3) is 2.60. The van der Waals surface area contributed by atoms with Crippen LogP contribution >= 0.6 is 15.9 Å². The Balaban J connectivity index is 1.89. The monoisotopic (exact) mass is 299 g/mol. The van der Waals surface area contributed by atoms with Crippen LogP contribution in [0.5, 0.6) is 5.88 Å². The van der Waals surface area contributed by atoms with Crippen molar-refractivity contribution >= 4 is 21.9 Å². The molecule has 0 aromatic carbocycles. The van der Waals surface area contributed by atoms with E-state index in [1.165, 1.54) is 7.11 Å². The maximum absolute atomic E-state index is 11.5. The van der Waals surface area contributed by atoms with E-state index < -0.39 is 5.41 Å². The molecule has 1 saturated carbocycles. The molecule has 0 amide bonds. The average molecular weight is 300 g/mol. The molecule has 0 radical (unpaired) electrons. The van der Waals surface area contributed by atoms with Gasteiger partial charge >= 0.3 is 5.97 Å². The maximum Gasteiger partial charge on any atom is 0.311 e. The zero-order valence-electron chi connectivity index (χ0n) is 9.77. The van der Waals surface area contributed by atoms with Crippen molar-refractivity contribution in [2.45, 2.75) is 25.9 Å². The van der Waals surface area contributed by atoms with Gasteiger partial charge in [-0.05, 0) is 28.9 Å². The molecule has 1 aromatic rings. The molecule has 0 aliphatic heterocycles. The fraction of sp³-hybridized carbons (Fsp3) is 0.500. The second-order valence-corrected chi connectivity index (χ2v) is 5.43. The lowest BCUT2D eigenvalue weighted by molar-refractivity contribution is -0.163.